The fourth-order valence-electron chi connectivity index (χ4n) is 3.09. The average molecular weight is 409 g/mol. The first kappa shape index (κ1) is 18.7. The Bertz CT molecular complexity index is 825. The second kappa shape index (κ2) is 9.05. The normalized spacial score (nSPS) is 19.1. The van der Waals surface area contributed by atoms with Crippen molar-refractivity contribution < 1.29 is 34.2 Å². The summed E-state index contributed by atoms with van der Waals surface area (Å²) in [5.74, 6) is -2.41. The topological polar surface area (TPSA) is 83.5 Å². The number of hydrogen-bond donors (Lipinski definition) is 2. The molecule has 1 aliphatic rings. The fourth-order valence-corrected chi connectivity index (χ4v) is 4.84. The highest BCUT2D eigenvalue weighted by Gasteiger charge is 2.38. The third-order valence-electron chi connectivity index (χ3n) is 4.54. The highest BCUT2D eigenvalue weighted by molar-refractivity contribution is 7.91. The Morgan fingerprint density at radius 2 is 1.96 bits per heavy atom. The van der Waals surface area contributed by atoms with Gasteiger partial charge in [0.25, 0.3) is 0 Å². The number of aliphatic hydroxyl groups is 1. The molecule has 5 nitrogen and oxygen atoms in total. The van der Waals surface area contributed by atoms with Crippen LogP contribution in [0.1, 0.15) is 52.9 Å². The van der Waals surface area contributed by atoms with Crippen LogP contribution in [0.25, 0.3) is 0 Å². The van der Waals surface area contributed by atoms with Crippen LogP contribution in [-0.4, -0.2) is 37.9 Å². The van der Waals surface area contributed by atoms with E-state index in [0.29, 0.717) is 0 Å². The zero-order valence-corrected chi connectivity index (χ0v) is 15.4. The van der Waals surface area contributed by atoms with Crippen LogP contribution >= 0.6 is 0 Å². The van der Waals surface area contributed by atoms with Gasteiger partial charge in [0, 0.05) is 9.24 Å². The van der Waals surface area contributed by atoms with E-state index < -0.39 is 40.9 Å². The molecule has 27 heavy (non-hydrogen) atoms. The molecule has 1 atom stereocenters. The summed E-state index contributed by atoms with van der Waals surface area (Å²) >= 11 is 0. The largest absolute Gasteiger partial charge is 0.471 e. The number of sulfone groups is 1. The molecule has 152 valence electrons. The van der Waals surface area contributed by atoms with Gasteiger partial charge in [0.05, 0.1) is 16.8 Å². The number of carbonyl (C=O) groups excluding carboxylic acids is 1. The zero-order valence-electron chi connectivity index (χ0n) is 16.6. The second-order valence-electron chi connectivity index (χ2n) is 6.71. The maximum atomic E-state index is 12.7. The van der Waals surface area contributed by atoms with Gasteiger partial charge in [0.1, 0.15) is 0 Å². The van der Waals surface area contributed by atoms with Crippen molar-refractivity contribution in [3.05, 3.63) is 29.8 Å². The van der Waals surface area contributed by atoms with Gasteiger partial charge in [0.2, 0.25) is 0 Å². The number of rotatable bonds is 7. The molecule has 0 aliphatic heterocycles. The number of aliphatic hydroxyl groups excluding tert-OH is 1. The van der Waals surface area contributed by atoms with Crippen LogP contribution in [0.3, 0.4) is 0 Å². The van der Waals surface area contributed by atoms with Crippen molar-refractivity contribution in [2.24, 2.45) is 5.92 Å². The van der Waals surface area contributed by atoms with Crippen molar-refractivity contribution in [3.63, 3.8) is 0 Å². The van der Waals surface area contributed by atoms with Crippen molar-refractivity contribution in [2.45, 2.75) is 55.7 Å². The van der Waals surface area contributed by atoms with Gasteiger partial charge in [-0.3, -0.25) is 4.79 Å². The molecule has 9 heteroatoms. The number of carbonyl (C=O) groups is 1. The lowest BCUT2D eigenvalue weighted by molar-refractivity contribution is -0.173. The smallest absolute Gasteiger partial charge is 0.388 e. The summed E-state index contributed by atoms with van der Waals surface area (Å²) < 4.78 is 77.3. The molecular weight excluding hydrogens is 383 g/mol. The van der Waals surface area contributed by atoms with Crippen LogP contribution in [0.4, 0.5) is 13.2 Å². The van der Waals surface area contributed by atoms with Crippen LogP contribution in [0.15, 0.2) is 29.2 Å². The molecule has 0 saturated heterocycles. The Balaban J connectivity index is 2.10. The van der Waals surface area contributed by atoms with Gasteiger partial charge in [-0.05, 0) is 42.9 Å². The SMILES string of the molecule is [2H]C([2H])(CC(O)c1cccc(S(=O)(=O)CC2CCCCC2)c1)NC(=O)C(F)(F)F. The number of benzene rings is 1. The van der Waals surface area contributed by atoms with E-state index in [9.17, 15) is 31.5 Å². The van der Waals surface area contributed by atoms with Crippen molar-refractivity contribution in [2.75, 3.05) is 12.2 Å². The molecule has 1 aromatic rings. The Labute approximate surface area is 159 Å². The monoisotopic (exact) mass is 409 g/mol. The predicted molar refractivity (Wildman–Crippen MR) is 93.7 cm³/mol. The van der Waals surface area contributed by atoms with Crippen molar-refractivity contribution >= 4 is 15.7 Å². The standard InChI is InChI=1S/C18H24F3NO4S/c19-18(20,21)17(24)22-10-9-16(23)14-7-4-8-15(11-14)27(25,26)12-13-5-2-1-3-6-13/h4,7-8,11,13,16,23H,1-3,5-6,9-10,12H2,(H,22,24)/i10D2. The third-order valence-corrected chi connectivity index (χ3v) is 6.42. The molecule has 0 heterocycles. The summed E-state index contributed by atoms with van der Waals surface area (Å²) in [4.78, 5) is 10.9. The Kier molecular flexibility index (Phi) is 6.28. The minimum atomic E-state index is -5.26. The van der Waals surface area contributed by atoms with Crippen LogP contribution in [-0.2, 0) is 14.6 Å². The lowest BCUT2D eigenvalue weighted by Crippen LogP contribution is -2.37. The zero-order chi connectivity index (χ0) is 21.9. The minimum absolute atomic E-state index is 0.0188. The Hall–Kier alpha value is -1.61. The van der Waals surface area contributed by atoms with Crippen molar-refractivity contribution in [1.82, 2.24) is 5.32 Å². The van der Waals surface area contributed by atoms with Gasteiger partial charge < -0.3 is 10.4 Å². The van der Waals surface area contributed by atoms with E-state index in [-0.39, 0.29) is 22.1 Å². The van der Waals surface area contributed by atoms with E-state index in [1.54, 1.807) is 0 Å². The quantitative estimate of drug-likeness (QED) is 0.725. The average Bonchev–Trinajstić information content (AvgIpc) is 2.60. The summed E-state index contributed by atoms with van der Waals surface area (Å²) in [6.07, 6.45) is -3.02. The van der Waals surface area contributed by atoms with Gasteiger partial charge >= 0.3 is 12.1 Å². The molecule has 1 saturated carbocycles. The molecule has 1 unspecified atom stereocenters. The van der Waals surface area contributed by atoms with Gasteiger partial charge in [-0.1, -0.05) is 31.4 Å². The predicted octanol–water partition coefficient (Wildman–Crippen LogP) is 3.14. The number of halogens is 3. The maximum Gasteiger partial charge on any atom is 0.471 e. The number of alkyl halides is 3. The summed E-state index contributed by atoms with van der Waals surface area (Å²) in [5.41, 5.74) is 0.0415. The minimum Gasteiger partial charge on any atom is -0.388 e. The highest BCUT2D eigenvalue weighted by Crippen LogP contribution is 2.28. The number of hydrogen-bond acceptors (Lipinski definition) is 4. The van der Waals surface area contributed by atoms with Gasteiger partial charge in [0.15, 0.2) is 9.84 Å². The first-order valence-corrected chi connectivity index (χ1v) is 10.4. The second-order valence-corrected chi connectivity index (χ2v) is 8.74. The van der Waals surface area contributed by atoms with Crippen LogP contribution < -0.4 is 5.32 Å². The molecule has 0 spiro atoms. The van der Waals surface area contributed by atoms with Crippen LogP contribution in [0.5, 0.6) is 0 Å². The fraction of sp³-hybridized carbons (Fsp3) is 0.611. The molecule has 1 aromatic carbocycles. The first-order valence-electron chi connectivity index (χ1n) is 9.70. The first-order chi connectivity index (χ1) is 13.3. The van der Waals surface area contributed by atoms with E-state index in [1.807, 2.05) is 0 Å². The maximum absolute atomic E-state index is 12.7. The number of nitrogens with one attached hydrogen (secondary N) is 1. The van der Waals surface area contributed by atoms with Crippen LogP contribution in [0.2, 0.25) is 0 Å². The van der Waals surface area contributed by atoms with Gasteiger partial charge in [-0.15, -0.1) is 0 Å². The summed E-state index contributed by atoms with van der Waals surface area (Å²) in [6.45, 7) is -2.84. The summed E-state index contributed by atoms with van der Waals surface area (Å²) in [6, 6.07) is 5.31. The summed E-state index contributed by atoms with van der Waals surface area (Å²) in [5, 5.41) is 11.4. The number of amides is 1. The third kappa shape index (κ3) is 6.49. The molecule has 0 aromatic heterocycles. The van der Waals surface area contributed by atoms with E-state index >= 15 is 0 Å². The molecular formula is C18H24F3NO4S. The van der Waals surface area contributed by atoms with E-state index in [1.165, 1.54) is 29.6 Å². The molecule has 0 radical (unpaired) electrons. The van der Waals surface area contributed by atoms with E-state index in [0.717, 1.165) is 32.1 Å². The Morgan fingerprint density at radius 3 is 2.59 bits per heavy atom. The molecule has 2 rings (SSSR count). The highest BCUT2D eigenvalue weighted by atomic mass is 32.2. The lowest BCUT2D eigenvalue weighted by atomic mass is 9.91. The van der Waals surface area contributed by atoms with Crippen LogP contribution in [0, 0.1) is 5.92 Å². The molecule has 0 bridgehead atoms. The Morgan fingerprint density at radius 1 is 1.30 bits per heavy atom. The molecule has 1 aliphatic carbocycles. The van der Waals surface area contributed by atoms with Crippen molar-refractivity contribution in [3.8, 4) is 0 Å². The molecule has 1 amide bonds. The molecule has 1 fully saturated rings. The van der Waals surface area contributed by atoms with Gasteiger partial charge in [-0.2, -0.15) is 13.2 Å². The lowest BCUT2D eigenvalue weighted by Gasteiger charge is -2.21. The van der Waals surface area contributed by atoms with Gasteiger partial charge in [-0.25, -0.2) is 8.42 Å². The van der Waals surface area contributed by atoms with Crippen molar-refractivity contribution in [1.29, 1.82) is 0 Å². The van der Waals surface area contributed by atoms with E-state index in [4.69, 9.17) is 2.74 Å². The summed E-state index contributed by atoms with van der Waals surface area (Å²) in [7, 11) is -3.62. The van der Waals surface area contributed by atoms with E-state index in [2.05, 4.69) is 0 Å². The molecule has 2 N–H and O–H groups in total.